The standard InChI is InChI=1S/C20H20N2/c1-22-13-5-10-20(22)16-11-12-19(21-14-16)18-9-4-7-15-6-2-3-8-17(15)18/h2-4,6-9,11-12,14,20H,5,10,13H2,1H3/t20-/m0/s1. The fourth-order valence-electron chi connectivity index (χ4n) is 3.54. The summed E-state index contributed by atoms with van der Waals surface area (Å²) in [4.78, 5) is 7.18. The lowest BCUT2D eigenvalue weighted by Crippen LogP contribution is -2.17. The van der Waals surface area contributed by atoms with Gasteiger partial charge in [-0.3, -0.25) is 9.88 Å². The molecule has 0 N–H and O–H groups in total. The van der Waals surface area contributed by atoms with Gasteiger partial charge in [-0.05, 0) is 48.8 Å². The molecular weight excluding hydrogens is 268 g/mol. The third-order valence-electron chi connectivity index (χ3n) is 4.76. The summed E-state index contributed by atoms with van der Waals surface area (Å²) in [5, 5.41) is 2.53. The van der Waals surface area contributed by atoms with Crippen molar-refractivity contribution in [1.29, 1.82) is 0 Å². The minimum atomic E-state index is 0.536. The Labute approximate surface area is 131 Å². The smallest absolute Gasteiger partial charge is 0.0708 e. The number of nitrogens with zero attached hydrogens (tertiary/aromatic N) is 2. The number of hydrogen-bond donors (Lipinski definition) is 0. The van der Waals surface area contributed by atoms with Crippen molar-refractivity contribution in [3.8, 4) is 11.3 Å². The SMILES string of the molecule is CN1CCC[C@H]1c1ccc(-c2cccc3ccccc23)nc1. The van der Waals surface area contributed by atoms with E-state index >= 15 is 0 Å². The van der Waals surface area contributed by atoms with E-state index in [-0.39, 0.29) is 0 Å². The van der Waals surface area contributed by atoms with Gasteiger partial charge in [0.1, 0.15) is 0 Å². The van der Waals surface area contributed by atoms with Crippen molar-refractivity contribution >= 4 is 10.8 Å². The quantitative estimate of drug-likeness (QED) is 0.681. The number of aromatic nitrogens is 1. The Morgan fingerprint density at radius 2 is 1.86 bits per heavy atom. The lowest BCUT2D eigenvalue weighted by Gasteiger charge is -2.19. The van der Waals surface area contributed by atoms with Gasteiger partial charge in [-0.25, -0.2) is 0 Å². The van der Waals surface area contributed by atoms with E-state index in [0.717, 1.165) is 5.69 Å². The molecule has 1 aliphatic rings. The second-order valence-corrected chi connectivity index (χ2v) is 6.14. The molecule has 1 fully saturated rings. The maximum atomic E-state index is 4.75. The molecule has 0 unspecified atom stereocenters. The summed E-state index contributed by atoms with van der Waals surface area (Å²) in [5.41, 5.74) is 3.61. The van der Waals surface area contributed by atoms with Crippen LogP contribution in [-0.4, -0.2) is 23.5 Å². The zero-order valence-corrected chi connectivity index (χ0v) is 12.9. The highest BCUT2D eigenvalue weighted by atomic mass is 15.1. The van der Waals surface area contributed by atoms with Gasteiger partial charge in [0.2, 0.25) is 0 Å². The zero-order valence-electron chi connectivity index (χ0n) is 12.9. The Bertz CT molecular complexity index is 787. The van der Waals surface area contributed by atoms with Crippen molar-refractivity contribution in [3.63, 3.8) is 0 Å². The molecule has 0 aliphatic carbocycles. The van der Waals surface area contributed by atoms with Gasteiger partial charge in [0, 0.05) is 17.8 Å². The molecule has 2 aromatic carbocycles. The average molecular weight is 288 g/mol. The number of hydrogen-bond acceptors (Lipinski definition) is 2. The first kappa shape index (κ1) is 13.5. The first-order valence-electron chi connectivity index (χ1n) is 7.97. The van der Waals surface area contributed by atoms with Crippen molar-refractivity contribution in [2.24, 2.45) is 0 Å². The molecule has 1 aromatic heterocycles. The molecule has 0 saturated carbocycles. The van der Waals surface area contributed by atoms with Crippen LogP contribution in [0.25, 0.3) is 22.0 Å². The molecule has 2 nitrogen and oxygen atoms in total. The second-order valence-electron chi connectivity index (χ2n) is 6.14. The van der Waals surface area contributed by atoms with E-state index < -0.39 is 0 Å². The van der Waals surface area contributed by atoms with Crippen molar-refractivity contribution in [2.45, 2.75) is 18.9 Å². The minimum absolute atomic E-state index is 0.536. The molecule has 110 valence electrons. The van der Waals surface area contributed by atoms with Crippen LogP contribution in [0.5, 0.6) is 0 Å². The number of rotatable bonds is 2. The summed E-state index contributed by atoms with van der Waals surface area (Å²) >= 11 is 0. The van der Waals surface area contributed by atoms with Crippen LogP contribution < -0.4 is 0 Å². The molecule has 22 heavy (non-hydrogen) atoms. The molecule has 1 saturated heterocycles. The van der Waals surface area contributed by atoms with E-state index in [1.54, 1.807) is 0 Å². The van der Waals surface area contributed by atoms with Crippen molar-refractivity contribution in [1.82, 2.24) is 9.88 Å². The van der Waals surface area contributed by atoms with E-state index in [1.165, 1.54) is 41.3 Å². The molecule has 0 radical (unpaired) electrons. The fourth-order valence-corrected chi connectivity index (χ4v) is 3.54. The van der Waals surface area contributed by atoms with E-state index in [4.69, 9.17) is 4.98 Å². The Hall–Kier alpha value is -2.19. The summed E-state index contributed by atoms with van der Waals surface area (Å²) in [7, 11) is 2.20. The van der Waals surface area contributed by atoms with E-state index in [9.17, 15) is 0 Å². The van der Waals surface area contributed by atoms with E-state index in [1.807, 2.05) is 0 Å². The largest absolute Gasteiger partial charge is 0.299 e. The Kier molecular flexibility index (Phi) is 3.39. The minimum Gasteiger partial charge on any atom is -0.299 e. The topological polar surface area (TPSA) is 16.1 Å². The third kappa shape index (κ3) is 2.30. The normalized spacial score (nSPS) is 18.9. The molecular formula is C20H20N2. The van der Waals surface area contributed by atoms with Crippen LogP contribution in [0.3, 0.4) is 0 Å². The summed E-state index contributed by atoms with van der Waals surface area (Å²) in [6.07, 6.45) is 4.58. The second kappa shape index (κ2) is 5.54. The van der Waals surface area contributed by atoms with Gasteiger partial charge in [-0.2, -0.15) is 0 Å². The first-order valence-corrected chi connectivity index (χ1v) is 7.97. The van der Waals surface area contributed by atoms with Crippen LogP contribution in [0.15, 0.2) is 60.8 Å². The molecule has 4 rings (SSSR count). The molecule has 0 amide bonds. The van der Waals surface area contributed by atoms with Gasteiger partial charge in [0.15, 0.2) is 0 Å². The van der Waals surface area contributed by atoms with Gasteiger partial charge in [0.05, 0.1) is 5.69 Å². The first-order chi connectivity index (χ1) is 10.8. The van der Waals surface area contributed by atoms with Gasteiger partial charge >= 0.3 is 0 Å². The number of benzene rings is 2. The molecule has 3 aromatic rings. The Morgan fingerprint density at radius 3 is 2.64 bits per heavy atom. The average Bonchev–Trinajstić information content (AvgIpc) is 3.01. The predicted octanol–water partition coefficient (Wildman–Crippen LogP) is 4.67. The van der Waals surface area contributed by atoms with E-state index in [2.05, 4.69) is 72.7 Å². The number of likely N-dealkylation sites (tertiary alicyclic amines) is 1. The van der Waals surface area contributed by atoms with Crippen LogP contribution in [0.4, 0.5) is 0 Å². The fraction of sp³-hybridized carbons (Fsp3) is 0.250. The summed E-state index contributed by atoms with van der Waals surface area (Å²) in [5.74, 6) is 0. The van der Waals surface area contributed by atoms with Gasteiger partial charge in [-0.1, -0.05) is 48.5 Å². The van der Waals surface area contributed by atoms with Crippen molar-refractivity contribution in [3.05, 3.63) is 66.4 Å². The van der Waals surface area contributed by atoms with Gasteiger partial charge < -0.3 is 0 Å². The Balaban J connectivity index is 1.73. The number of pyridine rings is 1. The van der Waals surface area contributed by atoms with Crippen molar-refractivity contribution < 1.29 is 0 Å². The zero-order chi connectivity index (χ0) is 14.9. The highest BCUT2D eigenvalue weighted by molar-refractivity contribution is 5.95. The maximum Gasteiger partial charge on any atom is 0.0708 e. The monoisotopic (exact) mass is 288 g/mol. The van der Waals surface area contributed by atoms with Crippen LogP contribution in [0, 0.1) is 0 Å². The molecule has 1 aliphatic heterocycles. The van der Waals surface area contributed by atoms with Crippen LogP contribution in [0.2, 0.25) is 0 Å². The molecule has 2 heterocycles. The van der Waals surface area contributed by atoms with Gasteiger partial charge in [0.25, 0.3) is 0 Å². The van der Waals surface area contributed by atoms with Crippen LogP contribution in [-0.2, 0) is 0 Å². The third-order valence-corrected chi connectivity index (χ3v) is 4.76. The highest BCUT2D eigenvalue weighted by Gasteiger charge is 2.22. The summed E-state index contributed by atoms with van der Waals surface area (Å²) < 4.78 is 0. The lowest BCUT2D eigenvalue weighted by molar-refractivity contribution is 0.317. The van der Waals surface area contributed by atoms with Crippen LogP contribution in [0.1, 0.15) is 24.4 Å². The molecule has 0 spiro atoms. The van der Waals surface area contributed by atoms with E-state index in [0.29, 0.717) is 6.04 Å². The summed E-state index contributed by atoms with van der Waals surface area (Å²) in [6, 6.07) is 19.9. The van der Waals surface area contributed by atoms with Crippen LogP contribution >= 0.6 is 0 Å². The predicted molar refractivity (Wildman–Crippen MR) is 91.8 cm³/mol. The van der Waals surface area contributed by atoms with Gasteiger partial charge in [-0.15, -0.1) is 0 Å². The lowest BCUT2D eigenvalue weighted by atomic mass is 10.0. The summed E-state index contributed by atoms with van der Waals surface area (Å²) in [6.45, 7) is 1.19. The Morgan fingerprint density at radius 1 is 1.00 bits per heavy atom. The maximum absolute atomic E-state index is 4.75. The highest BCUT2D eigenvalue weighted by Crippen LogP contribution is 2.32. The number of fused-ring (bicyclic) bond motifs is 1. The molecule has 2 heteroatoms. The molecule has 0 bridgehead atoms. The van der Waals surface area contributed by atoms with Crippen molar-refractivity contribution in [2.75, 3.05) is 13.6 Å². The molecule has 1 atom stereocenters.